The van der Waals surface area contributed by atoms with Gasteiger partial charge >= 0.3 is 0 Å². The van der Waals surface area contributed by atoms with Gasteiger partial charge in [0.15, 0.2) is 0 Å². The highest BCUT2D eigenvalue weighted by Crippen LogP contribution is 2.24. The Morgan fingerprint density at radius 1 is 1.40 bits per heavy atom. The number of aromatic nitrogens is 4. The maximum absolute atomic E-state index is 5.44. The van der Waals surface area contributed by atoms with Crippen molar-refractivity contribution in [3.05, 3.63) is 34.3 Å². The Bertz CT molecular complexity index is 593. The molecule has 0 N–H and O–H groups in total. The number of hydrogen-bond donors (Lipinski definition) is 0. The van der Waals surface area contributed by atoms with Gasteiger partial charge in [0.1, 0.15) is 0 Å². The minimum atomic E-state index is 0.488. The van der Waals surface area contributed by atoms with Crippen LogP contribution >= 0.6 is 15.9 Å². The van der Waals surface area contributed by atoms with Crippen molar-refractivity contribution in [2.24, 2.45) is 0 Å². The molecule has 0 amide bonds. The van der Waals surface area contributed by atoms with Gasteiger partial charge in [0, 0.05) is 25.8 Å². The maximum Gasteiger partial charge on any atom is 0.0885 e. The lowest BCUT2D eigenvalue weighted by atomic mass is 10.1. The number of hydrogen-bond acceptors (Lipinski definition) is 4. The second-order valence-corrected chi connectivity index (χ2v) is 6.30. The number of likely N-dealkylation sites (tertiary alicyclic amines) is 1. The lowest BCUT2D eigenvalue weighted by Crippen LogP contribution is -2.47. The van der Waals surface area contributed by atoms with Crippen LogP contribution in [0.1, 0.15) is 17.4 Å². The summed E-state index contributed by atoms with van der Waals surface area (Å²) in [7, 11) is 0. The van der Waals surface area contributed by atoms with Crippen molar-refractivity contribution in [3.63, 3.8) is 0 Å². The Balaban J connectivity index is 1.36. The number of halogens is 1. The third-order valence-electron chi connectivity index (χ3n) is 3.88. The fraction of sp³-hybridized carbons (Fsp3) is 0.538. The number of nitrogens with zero attached hydrogens (tertiary/aromatic N) is 5. The second kappa shape index (κ2) is 4.98. The molecule has 7 heteroatoms. The molecule has 0 radical (unpaired) electrons. The molecule has 1 fully saturated rings. The third-order valence-corrected chi connectivity index (χ3v) is 4.29. The summed E-state index contributed by atoms with van der Waals surface area (Å²) < 4.78 is 10.6. The van der Waals surface area contributed by atoms with Crippen LogP contribution in [0.15, 0.2) is 22.9 Å². The average molecular weight is 338 g/mol. The summed E-state index contributed by atoms with van der Waals surface area (Å²) in [5, 5.41) is 8.98. The molecule has 2 aromatic heterocycles. The first-order valence-corrected chi connectivity index (χ1v) is 7.62. The maximum atomic E-state index is 5.44. The molecule has 2 aliphatic rings. The van der Waals surface area contributed by atoms with E-state index in [4.69, 9.17) is 4.74 Å². The molecular weight excluding hydrogens is 322 g/mol. The Kier molecular flexibility index (Phi) is 3.13. The summed E-state index contributed by atoms with van der Waals surface area (Å²) in [6, 6.07) is 2.65. The molecular formula is C13H16BrN5O. The SMILES string of the molecule is Brc1cnn(C2CN(Cc3cc4n(n3)CCOC4)C2)c1. The summed E-state index contributed by atoms with van der Waals surface area (Å²) in [4.78, 5) is 2.40. The molecule has 4 rings (SSSR count). The second-order valence-electron chi connectivity index (χ2n) is 5.39. The van der Waals surface area contributed by atoms with Crippen molar-refractivity contribution in [1.82, 2.24) is 24.5 Å². The van der Waals surface area contributed by atoms with E-state index in [1.165, 1.54) is 5.69 Å². The van der Waals surface area contributed by atoms with Gasteiger partial charge in [-0.05, 0) is 22.0 Å². The van der Waals surface area contributed by atoms with Crippen LogP contribution in [-0.4, -0.2) is 44.2 Å². The Hall–Kier alpha value is -1.18. The van der Waals surface area contributed by atoms with Gasteiger partial charge < -0.3 is 4.74 Å². The van der Waals surface area contributed by atoms with Crippen molar-refractivity contribution >= 4 is 15.9 Å². The van der Waals surface area contributed by atoms with Crippen molar-refractivity contribution in [2.75, 3.05) is 19.7 Å². The molecule has 0 unspecified atom stereocenters. The van der Waals surface area contributed by atoms with E-state index in [1.807, 2.05) is 17.1 Å². The van der Waals surface area contributed by atoms with Gasteiger partial charge in [0.25, 0.3) is 0 Å². The predicted octanol–water partition coefficient (Wildman–Crippen LogP) is 1.43. The van der Waals surface area contributed by atoms with Crippen LogP contribution in [0.4, 0.5) is 0 Å². The molecule has 0 aliphatic carbocycles. The summed E-state index contributed by atoms with van der Waals surface area (Å²) >= 11 is 3.43. The van der Waals surface area contributed by atoms with Crippen LogP contribution in [-0.2, 0) is 24.4 Å². The van der Waals surface area contributed by atoms with Crippen LogP contribution in [0.25, 0.3) is 0 Å². The number of fused-ring (bicyclic) bond motifs is 1. The molecule has 2 aromatic rings. The molecule has 0 saturated carbocycles. The van der Waals surface area contributed by atoms with E-state index < -0.39 is 0 Å². The lowest BCUT2D eigenvalue weighted by Gasteiger charge is -2.38. The molecule has 2 aliphatic heterocycles. The zero-order valence-corrected chi connectivity index (χ0v) is 12.7. The largest absolute Gasteiger partial charge is 0.373 e. The smallest absolute Gasteiger partial charge is 0.0885 e. The summed E-state index contributed by atoms with van der Waals surface area (Å²) in [6.45, 7) is 5.32. The van der Waals surface area contributed by atoms with Gasteiger partial charge in [0.05, 0.1) is 47.9 Å². The van der Waals surface area contributed by atoms with E-state index in [9.17, 15) is 0 Å². The minimum Gasteiger partial charge on any atom is -0.373 e. The van der Waals surface area contributed by atoms with Crippen LogP contribution in [0.5, 0.6) is 0 Å². The zero-order valence-electron chi connectivity index (χ0n) is 11.1. The first-order chi connectivity index (χ1) is 9.78. The minimum absolute atomic E-state index is 0.488. The van der Waals surface area contributed by atoms with Crippen molar-refractivity contribution in [3.8, 4) is 0 Å². The summed E-state index contributed by atoms with van der Waals surface area (Å²) in [5.74, 6) is 0. The van der Waals surface area contributed by atoms with Gasteiger partial charge in [0.2, 0.25) is 0 Å². The van der Waals surface area contributed by atoms with E-state index in [0.717, 1.165) is 43.0 Å². The quantitative estimate of drug-likeness (QED) is 0.850. The predicted molar refractivity (Wildman–Crippen MR) is 76.1 cm³/mol. The highest BCUT2D eigenvalue weighted by molar-refractivity contribution is 9.10. The molecule has 20 heavy (non-hydrogen) atoms. The molecule has 0 spiro atoms. The molecule has 1 saturated heterocycles. The van der Waals surface area contributed by atoms with E-state index in [1.54, 1.807) is 0 Å². The Morgan fingerprint density at radius 2 is 2.30 bits per heavy atom. The fourth-order valence-electron chi connectivity index (χ4n) is 2.81. The highest BCUT2D eigenvalue weighted by Gasteiger charge is 2.29. The van der Waals surface area contributed by atoms with E-state index >= 15 is 0 Å². The first-order valence-electron chi connectivity index (χ1n) is 6.83. The van der Waals surface area contributed by atoms with Gasteiger partial charge in [-0.1, -0.05) is 0 Å². The van der Waals surface area contributed by atoms with Gasteiger partial charge in [-0.3, -0.25) is 14.3 Å². The van der Waals surface area contributed by atoms with E-state index in [2.05, 4.69) is 41.8 Å². The Morgan fingerprint density at radius 3 is 3.05 bits per heavy atom. The van der Waals surface area contributed by atoms with Crippen LogP contribution in [0.3, 0.4) is 0 Å². The van der Waals surface area contributed by atoms with E-state index in [0.29, 0.717) is 12.6 Å². The van der Waals surface area contributed by atoms with Gasteiger partial charge in [-0.15, -0.1) is 0 Å². The van der Waals surface area contributed by atoms with Crippen LogP contribution in [0.2, 0.25) is 0 Å². The van der Waals surface area contributed by atoms with Crippen molar-refractivity contribution < 1.29 is 4.74 Å². The normalized spacial score (nSPS) is 19.9. The number of ether oxygens (including phenoxy) is 1. The third kappa shape index (κ3) is 2.30. The molecule has 106 valence electrons. The molecule has 0 aromatic carbocycles. The summed E-state index contributed by atoms with van der Waals surface area (Å²) in [6.07, 6.45) is 3.88. The molecule has 0 bridgehead atoms. The van der Waals surface area contributed by atoms with E-state index in [-0.39, 0.29) is 0 Å². The van der Waals surface area contributed by atoms with Crippen LogP contribution < -0.4 is 0 Å². The molecule has 4 heterocycles. The molecule has 0 atom stereocenters. The molecule has 6 nitrogen and oxygen atoms in total. The zero-order chi connectivity index (χ0) is 13.5. The number of rotatable bonds is 3. The highest BCUT2D eigenvalue weighted by atomic mass is 79.9. The average Bonchev–Trinajstić information content (AvgIpc) is 2.98. The van der Waals surface area contributed by atoms with Crippen LogP contribution in [0, 0.1) is 0 Å². The summed E-state index contributed by atoms with van der Waals surface area (Å²) in [5.41, 5.74) is 2.34. The first kappa shape index (κ1) is 12.6. The topological polar surface area (TPSA) is 48.1 Å². The monoisotopic (exact) mass is 337 g/mol. The van der Waals surface area contributed by atoms with Crippen molar-refractivity contribution in [1.29, 1.82) is 0 Å². The van der Waals surface area contributed by atoms with Gasteiger partial charge in [-0.2, -0.15) is 10.2 Å². The van der Waals surface area contributed by atoms with Gasteiger partial charge in [-0.25, -0.2) is 0 Å². The lowest BCUT2D eigenvalue weighted by molar-refractivity contribution is 0.0790. The fourth-order valence-corrected chi connectivity index (χ4v) is 3.11. The standard InChI is InChI=1S/C13H16BrN5O/c14-10-4-15-19(5-10)13-7-17(8-13)6-11-3-12-9-20-2-1-18(12)16-11/h3-5,13H,1-2,6-9H2. The Labute approximate surface area is 125 Å². The van der Waals surface area contributed by atoms with Crippen molar-refractivity contribution in [2.45, 2.75) is 25.7 Å².